The van der Waals surface area contributed by atoms with Gasteiger partial charge in [-0.3, -0.25) is 4.79 Å². The van der Waals surface area contributed by atoms with Crippen LogP contribution in [0.5, 0.6) is 11.5 Å². The number of nitrogens with zero attached hydrogens (tertiary/aromatic N) is 1. The van der Waals surface area contributed by atoms with Gasteiger partial charge in [-0.05, 0) is 42.7 Å². The molecule has 0 aromatic heterocycles. The molecule has 6 heteroatoms. The molecule has 0 saturated carbocycles. The van der Waals surface area contributed by atoms with Crippen molar-refractivity contribution in [3.63, 3.8) is 0 Å². The first-order chi connectivity index (χ1) is 13.6. The molecule has 28 heavy (non-hydrogen) atoms. The van der Waals surface area contributed by atoms with E-state index in [0.717, 1.165) is 6.42 Å². The van der Waals surface area contributed by atoms with E-state index >= 15 is 0 Å². The molecule has 3 rings (SSSR count). The van der Waals surface area contributed by atoms with Gasteiger partial charge in [-0.2, -0.15) is 0 Å². The first-order valence-corrected chi connectivity index (χ1v) is 9.39. The Hall–Kier alpha value is -2.86. The Labute approximate surface area is 163 Å². The van der Waals surface area contributed by atoms with Crippen LogP contribution in [0.4, 0.5) is 10.1 Å². The van der Waals surface area contributed by atoms with Crippen LogP contribution in [-0.2, 0) is 0 Å². The van der Waals surface area contributed by atoms with Gasteiger partial charge in [0.2, 0.25) is 5.78 Å². The smallest absolute Gasteiger partial charge is 0.200 e. The number of allylic oxidation sites excluding steroid dienone is 2. The van der Waals surface area contributed by atoms with E-state index in [-0.39, 0.29) is 24.5 Å². The van der Waals surface area contributed by atoms with Crippen molar-refractivity contribution >= 4 is 17.0 Å². The van der Waals surface area contributed by atoms with Crippen LogP contribution in [0.1, 0.15) is 42.6 Å². The number of Topliss-reactive ketones (excluding diaryl/α,β-unsaturated/α-hetero) is 1. The minimum Gasteiger partial charge on any atom is -0.491 e. The van der Waals surface area contributed by atoms with Gasteiger partial charge in [-0.15, -0.1) is 0 Å². The normalized spacial score (nSPS) is 13.2. The molecule has 0 spiro atoms. The number of rotatable bonds is 8. The molecular weight excluding hydrogens is 361 g/mol. The van der Waals surface area contributed by atoms with Crippen LogP contribution >= 0.6 is 0 Å². The number of benzene rings is 2. The van der Waals surface area contributed by atoms with Crippen molar-refractivity contribution in [3.05, 3.63) is 59.0 Å². The Morgan fingerprint density at radius 1 is 1.04 bits per heavy atom. The number of aliphatic hydroxyl groups excluding tert-OH is 1. The summed E-state index contributed by atoms with van der Waals surface area (Å²) < 4.78 is 25.6. The van der Waals surface area contributed by atoms with E-state index in [1.165, 1.54) is 12.1 Å². The molecule has 0 fully saturated rings. The standard InChI is InChI=1S/C22H23FNO4/c1-3-12-28-18-10-9-16(23)20-21(18)24-17(4-2)19(22(20)26)14-5-7-15(8-6-14)27-13-11-25/h5-10,25H,3-4,11-13H2,1-2H3. The average molecular weight is 384 g/mol. The zero-order valence-corrected chi connectivity index (χ0v) is 16.0. The fraction of sp³-hybridized carbons (Fsp3) is 0.318. The number of fused-ring (bicyclic) bond motifs is 1. The summed E-state index contributed by atoms with van der Waals surface area (Å²) in [5, 5.41) is 13.4. The first-order valence-electron chi connectivity index (χ1n) is 9.39. The number of carbonyl (C=O) groups is 1. The van der Waals surface area contributed by atoms with E-state index < -0.39 is 11.6 Å². The molecule has 0 unspecified atom stereocenters. The highest BCUT2D eigenvalue weighted by Crippen LogP contribution is 2.41. The number of aliphatic hydroxyl groups is 1. The summed E-state index contributed by atoms with van der Waals surface area (Å²) in [6.45, 7) is 4.46. The number of halogens is 1. The van der Waals surface area contributed by atoms with Crippen molar-refractivity contribution in [2.24, 2.45) is 0 Å². The van der Waals surface area contributed by atoms with Crippen molar-refractivity contribution < 1.29 is 23.8 Å². The summed E-state index contributed by atoms with van der Waals surface area (Å²) in [5.41, 5.74) is 1.83. The maximum atomic E-state index is 14.5. The second kappa shape index (κ2) is 8.89. The molecule has 0 saturated heterocycles. The quantitative estimate of drug-likeness (QED) is 0.739. The summed E-state index contributed by atoms with van der Waals surface area (Å²) in [7, 11) is 0. The van der Waals surface area contributed by atoms with Gasteiger partial charge in [0, 0.05) is 0 Å². The minimum absolute atomic E-state index is 0.0542. The highest BCUT2D eigenvalue weighted by atomic mass is 19.1. The van der Waals surface area contributed by atoms with E-state index in [1.54, 1.807) is 24.3 Å². The Kier molecular flexibility index (Phi) is 6.31. The zero-order chi connectivity index (χ0) is 20.1. The minimum atomic E-state index is -0.608. The van der Waals surface area contributed by atoms with Crippen molar-refractivity contribution in [1.29, 1.82) is 0 Å². The van der Waals surface area contributed by atoms with Crippen molar-refractivity contribution in [3.8, 4) is 11.5 Å². The van der Waals surface area contributed by atoms with Crippen LogP contribution in [0.25, 0.3) is 5.57 Å². The third kappa shape index (κ3) is 3.87. The molecule has 147 valence electrons. The number of hydrogen-bond acceptors (Lipinski definition) is 4. The summed E-state index contributed by atoms with van der Waals surface area (Å²) in [4.78, 5) is 13.2. The topological polar surface area (TPSA) is 69.9 Å². The largest absolute Gasteiger partial charge is 0.491 e. The van der Waals surface area contributed by atoms with Gasteiger partial charge < -0.3 is 14.6 Å². The van der Waals surface area contributed by atoms with Gasteiger partial charge >= 0.3 is 0 Å². The van der Waals surface area contributed by atoms with Crippen LogP contribution in [0.3, 0.4) is 0 Å². The zero-order valence-electron chi connectivity index (χ0n) is 16.0. The van der Waals surface area contributed by atoms with Crippen LogP contribution in [-0.4, -0.2) is 30.7 Å². The lowest BCUT2D eigenvalue weighted by molar-refractivity contribution is 0.105. The Morgan fingerprint density at radius 2 is 1.79 bits per heavy atom. The van der Waals surface area contributed by atoms with E-state index in [2.05, 4.69) is 5.32 Å². The highest BCUT2D eigenvalue weighted by Gasteiger charge is 2.32. The fourth-order valence-electron chi connectivity index (χ4n) is 3.08. The molecule has 2 aromatic rings. The van der Waals surface area contributed by atoms with Crippen LogP contribution < -0.4 is 14.8 Å². The average Bonchev–Trinajstić information content (AvgIpc) is 2.72. The summed E-state index contributed by atoms with van der Waals surface area (Å²) in [6.07, 6.45) is 1.32. The lowest BCUT2D eigenvalue weighted by Crippen LogP contribution is -2.20. The molecule has 1 aliphatic heterocycles. The third-order valence-electron chi connectivity index (χ3n) is 4.38. The van der Waals surface area contributed by atoms with Gasteiger partial charge in [0.05, 0.1) is 30.0 Å². The lowest BCUT2D eigenvalue weighted by atomic mass is 9.89. The maximum absolute atomic E-state index is 14.5. The molecule has 2 aromatic carbocycles. The van der Waals surface area contributed by atoms with Crippen LogP contribution in [0.2, 0.25) is 0 Å². The summed E-state index contributed by atoms with van der Waals surface area (Å²) in [5.74, 6) is -0.00342. The number of carbonyl (C=O) groups excluding carboxylic acids is 1. The molecule has 5 nitrogen and oxygen atoms in total. The molecule has 0 amide bonds. The van der Waals surface area contributed by atoms with Crippen LogP contribution in [0, 0.1) is 5.82 Å². The predicted molar refractivity (Wildman–Crippen MR) is 105 cm³/mol. The van der Waals surface area contributed by atoms with Crippen molar-refractivity contribution in [2.45, 2.75) is 26.7 Å². The van der Waals surface area contributed by atoms with Gasteiger partial charge in [-0.25, -0.2) is 9.71 Å². The number of ketones is 1. The monoisotopic (exact) mass is 384 g/mol. The van der Waals surface area contributed by atoms with Gasteiger partial charge in [0.15, 0.2) is 0 Å². The predicted octanol–water partition coefficient (Wildman–Crippen LogP) is 4.24. The SMILES string of the molecule is CCCOc1ccc(F)c2c1[N]C(CC)=C(c1ccc(OCCO)cc1)C2=O. The Bertz CT molecular complexity index is 890. The van der Waals surface area contributed by atoms with E-state index in [1.807, 2.05) is 13.8 Å². The van der Waals surface area contributed by atoms with Gasteiger partial charge in [0.25, 0.3) is 0 Å². The fourth-order valence-corrected chi connectivity index (χ4v) is 3.08. The molecule has 1 N–H and O–H groups in total. The van der Waals surface area contributed by atoms with Gasteiger partial charge in [-0.1, -0.05) is 26.0 Å². The maximum Gasteiger partial charge on any atom is 0.200 e. The van der Waals surface area contributed by atoms with Crippen LogP contribution in [0.15, 0.2) is 42.1 Å². The first kappa shape index (κ1) is 19.9. The third-order valence-corrected chi connectivity index (χ3v) is 4.38. The second-order valence-corrected chi connectivity index (χ2v) is 6.33. The highest BCUT2D eigenvalue weighted by molar-refractivity contribution is 6.32. The Balaban J connectivity index is 2.01. The van der Waals surface area contributed by atoms with Crippen molar-refractivity contribution in [1.82, 2.24) is 5.32 Å². The molecule has 1 aliphatic rings. The van der Waals surface area contributed by atoms with E-state index in [0.29, 0.717) is 41.4 Å². The summed E-state index contributed by atoms with van der Waals surface area (Å²) >= 11 is 0. The second-order valence-electron chi connectivity index (χ2n) is 6.33. The number of hydrogen-bond donors (Lipinski definition) is 1. The molecule has 1 radical (unpaired) electrons. The summed E-state index contributed by atoms with van der Waals surface area (Å²) in [6, 6.07) is 9.68. The van der Waals surface area contributed by atoms with E-state index in [9.17, 15) is 9.18 Å². The molecule has 1 heterocycles. The molecule has 0 aliphatic carbocycles. The van der Waals surface area contributed by atoms with E-state index in [4.69, 9.17) is 14.6 Å². The number of ether oxygens (including phenoxy) is 2. The molecular formula is C22H23FNO4. The Morgan fingerprint density at radius 3 is 2.43 bits per heavy atom. The van der Waals surface area contributed by atoms with Crippen molar-refractivity contribution in [2.75, 3.05) is 19.8 Å². The molecule has 0 bridgehead atoms. The van der Waals surface area contributed by atoms with Gasteiger partial charge in [0.1, 0.15) is 29.6 Å². The molecule has 0 atom stereocenters. The lowest BCUT2D eigenvalue weighted by Gasteiger charge is -2.24.